The van der Waals surface area contributed by atoms with Gasteiger partial charge in [-0.25, -0.2) is 0 Å². The fourth-order valence-electron chi connectivity index (χ4n) is 3.07. The molecule has 2 nitrogen and oxygen atoms in total. The van der Waals surface area contributed by atoms with Crippen molar-refractivity contribution < 1.29 is 10.2 Å². The average Bonchev–Trinajstić information content (AvgIpc) is 2.41. The molecule has 0 heterocycles. The van der Waals surface area contributed by atoms with Crippen LogP contribution in [0.5, 0.6) is 11.5 Å². The fraction of sp³-hybridized carbons (Fsp3) is 0.625. The van der Waals surface area contributed by atoms with E-state index in [1.807, 2.05) is 6.07 Å². The van der Waals surface area contributed by atoms with Crippen molar-refractivity contribution >= 4 is 0 Å². The monoisotopic (exact) mass is 248 g/mol. The van der Waals surface area contributed by atoms with Gasteiger partial charge < -0.3 is 10.2 Å². The number of hydrogen-bond acceptors (Lipinski definition) is 2. The van der Waals surface area contributed by atoms with E-state index in [-0.39, 0.29) is 11.5 Å². The summed E-state index contributed by atoms with van der Waals surface area (Å²) in [5.41, 5.74) is 2.27. The zero-order chi connectivity index (χ0) is 13.0. The zero-order valence-corrected chi connectivity index (χ0v) is 11.3. The number of rotatable bonds is 4. The highest BCUT2D eigenvalue weighted by atomic mass is 16.3. The molecule has 0 atom stereocenters. The first kappa shape index (κ1) is 13.3. The van der Waals surface area contributed by atoms with Gasteiger partial charge in [-0.2, -0.15) is 0 Å². The van der Waals surface area contributed by atoms with Gasteiger partial charge in [-0.3, -0.25) is 0 Å². The summed E-state index contributed by atoms with van der Waals surface area (Å²) in [5.74, 6) is 0.615. The molecule has 0 unspecified atom stereocenters. The average molecular weight is 248 g/mol. The van der Waals surface area contributed by atoms with Crippen molar-refractivity contribution in [2.45, 2.75) is 64.2 Å². The Morgan fingerprint density at radius 2 is 1.83 bits per heavy atom. The minimum absolute atomic E-state index is 0.0378. The molecule has 2 rings (SSSR count). The maximum atomic E-state index is 10.2. The van der Waals surface area contributed by atoms with Crippen LogP contribution < -0.4 is 0 Å². The van der Waals surface area contributed by atoms with Gasteiger partial charge in [0.25, 0.3) is 0 Å². The van der Waals surface area contributed by atoms with Gasteiger partial charge >= 0.3 is 0 Å². The van der Waals surface area contributed by atoms with Crippen LogP contribution in [0.15, 0.2) is 12.1 Å². The molecule has 0 bridgehead atoms. The molecule has 0 radical (unpaired) electrons. The van der Waals surface area contributed by atoms with Crippen LogP contribution in [0.3, 0.4) is 0 Å². The van der Waals surface area contributed by atoms with Gasteiger partial charge in [-0.1, -0.05) is 38.7 Å². The summed E-state index contributed by atoms with van der Waals surface area (Å²) < 4.78 is 0. The molecule has 1 aromatic rings. The van der Waals surface area contributed by atoms with Crippen molar-refractivity contribution in [1.29, 1.82) is 0 Å². The molecule has 0 saturated heterocycles. The Morgan fingerprint density at radius 1 is 1.11 bits per heavy atom. The minimum atomic E-state index is 0.0378. The summed E-state index contributed by atoms with van der Waals surface area (Å²) in [6.07, 6.45) is 9.40. The number of hydrogen-bond donors (Lipinski definition) is 2. The van der Waals surface area contributed by atoms with E-state index in [0.717, 1.165) is 37.7 Å². The van der Waals surface area contributed by atoms with Crippen LogP contribution in [0, 0.1) is 0 Å². The van der Waals surface area contributed by atoms with Crippen molar-refractivity contribution in [3.8, 4) is 11.5 Å². The first-order valence-electron chi connectivity index (χ1n) is 7.27. The van der Waals surface area contributed by atoms with Gasteiger partial charge in [-0.05, 0) is 43.2 Å². The van der Waals surface area contributed by atoms with E-state index < -0.39 is 0 Å². The van der Waals surface area contributed by atoms with E-state index in [9.17, 15) is 10.2 Å². The molecule has 1 aliphatic carbocycles. The van der Waals surface area contributed by atoms with E-state index >= 15 is 0 Å². The summed E-state index contributed by atoms with van der Waals surface area (Å²) in [7, 11) is 0. The number of aryl methyl sites for hydroxylation is 1. The minimum Gasteiger partial charge on any atom is -0.504 e. The molecular weight excluding hydrogens is 224 g/mol. The Labute approximate surface area is 110 Å². The van der Waals surface area contributed by atoms with E-state index in [1.165, 1.54) is 24.8 Å². The summed E-state index contributed by atoms with van der Waals surface area (Å²) in [6, 6.07) is 3.63. The lowest BCUT2D eigenvalue weighted by Gasteiger charge is -2.25. The quantitative estimate of drug-likeness (QED) is 0.771. The molecule has 0 spiro atoms. The van der Waals surface area contributed by atoms with Crippen molar-refractivity contribution in [3.05, 3.63) is 23.3 Å². The summed E-state index contributed by atoms with van der Waals surface area (Å²) >= 11 is 0. The van der Waals surface area contributed by atoms with Gasteiger partial charge in [0.05, 0.1) is 0 Å². The normalized spacial score (nSPS) is 16.9. The van der Waals surface area contributed by atoms with Crippen LogP contribution in [0.4, 0.5) is 0 Å². The molecule has 1 aliphatic rings. The van der Waals surface area contributed by atoms with Gasteiger partial charge in [0.1, 0.15) is 0 Å². The Kier molecular flexibility index (Phi) is 4.51. The second kappa shape index (κ2) is 6.12. The number of phenolic OH excluding ortho intramolecular Hbond substituents is 2. The summed E-state index contributed by atoms with van der Waals surface area (Å²) in [4.78, 5) is 0. The first-order valence-corrected chi connectivity index (χ1v) is 7.27. The van der Waals surface area contributed by atoms with Crippen molar-refractivity contribution in [1.82, 2.24) is 0 Å². The van der Waals surface area contributed by atoms with E-state index in [0.29, 0.717) is 5.92 Å². The number of benzene rings is 1. The molecule has 100 valence electrons. The number of phenols is 2. The smallest absolute Gasteiger partial charge is 0.161 e. The van der Waals surface area contributed by atoms with Crippen molar-refractivity contribution in [2.24, 2.45) is 0 Å². The maximum Gasteiger partial charge on any atom is 0.161 e. The highest BCUT2D eigenvalue weighted by Crippen LogP contribution is 2.43. The predicted molar refractivity (Wildman–Crippen MR) is 74.2 cm³/mol. The van der Waals surface area contributed by atoms with Gasteiger partial charge in [0, 0.05) is 5.56 Å². The fourth-order valence-corrected chi connectivity index (χ4v) is 3.07. The molecule has 2 heteroatoms. The van der Waals surface area contributed by atoms with Crippen molar-refractivity contribution in [3.63, 3.8) is 0 Å². The van der Waals surface area contributed by atoms with Crippen LogP contribution in [-0.4, -0.2) is 10.2 Å². The van der Waals surface area contributed by atoms with Gasteiger partial charge in [0.2, 0.25) is 0 Å². The Morgan fingerprint density at radius 3 is 2.50 bits per heavy atom. The molecule has 0 amide bonds. The van der Waals surface area contributed by atoms with E-state index in [1.54, 1.807) is 6.07 Å². The SMILES string of the molecule is CCCCc1ccc(O)c(O)c1C1CCCCC1. The van der Waals surface area contributed by atoms with E-state index in [2.05, 4.69) is 6.92 Å². The molecule has 18 heavy (non-hydrogen) atoms. The Bertz CT molecular complexity index is 392. The lowest BCUT2D eigenvalue weighted by Crippen LogP contribution is -2.08. The lowest BCUT2D eigenvalue weighted by molar-refractivity contribution is 0.379. The van der Waals surface area contributed by atoms with Gasteiger partial charge in [0.15, 0.2) is 11.5 Å². The van der Waals surface area contributed by atoms with Gasteiger partial charge in [-0.15, -0.1) is 0 Å². The first-order chi connectivity index (χ1) is 8.74. The maximum absolute atomic E-state index is 10.2. The van der Waals surface area contributed by atoms with Crippen LogP contribution >= 0.6 is 0 Å². The third-order valence-corrected chi connectivity index (χ3v) is 4.10. The zero-order valence-electron chi connectivity index (χ0n) is 11.3. The molecule has 1 saturated carbocycles. The second-order valence-corrected chi connectivity index (χ2v) is 5.44. The standard InChI is InChI=1S/C16H24O2/c1-2-3-7-13-10-11-14(17)16(18)15(13)12-8-5-4-6-9-12/h10-12,17-18H,2-9H2,1H3. The highest BCUT2D eigenvalue weighted by Gasteiger charge is 2.23. The highest BCUT2D eigenvalue weighted by molar-refractivity contribution is 5.51. The Balaban J connectivity index is 2.30. The third-order valence-electron chi connectivity index (χ3n) is 4.10. The van der Waals surface area contributed by atoms with Crippen LogP contribution in [0.25, 0.3) is 0 Å². The van der Waals surface area contributed by atoms with Crippen LogP contribution in [0.1, 0.15) is 68.9 Å². The molecule has 0 aromatic heterocycles. The number of unbranched alkanes of at least 4 members (excludes halogenated alkanes) is 1. The Hall–Kier alpha value is -1.18. The number of aromatic hydroxyl groups is 2. The van der Waals surface area contributed by atoms with E-state index in [4.69, 9.17) is 0 Å². The second-order valence-electron chi connectivity index (χ2n) is 5.44. The van der Waals surface area contributed by atoms with Crippen LogP contribution in [-0.2, 0) is 6.42 Å². The molecule has 1 aromatic carbocycles. The molecule has 0 aliphatic heterocycles. The summed E-state index contributed by atoms with van der Waals surface area (Å²) in [5, 5.41) is 19.9. The largest absolute Gasteiger partial charge is 0.504 e. The topological polar surface area (TPSA) is 40.5 Å². The summed E-state index contributed by atoms with van der Waals surface area (Å²) in [6.45, 7) is 2.18. The van der Waals surface area contributed by atoms with Crippen LogP contribution in [0.2, 0.25) is 0 Å². The third kappa shape index (κ3) is 2.80. The lowest BCUT2D eigenvalue weighted by atomic mass is 9.80. The molecular formula is C16H24O2. The van der Waals surface area contributed by atoms with Crippen molar-refractivity contribution in [2.75, 3.05) is 0 Å². The molecule has 2 N–H and O–H groups in total. The predicted octanol–water partition coefficient (Wildman–Crippen LogP) is 4.49. The molecule has 1 fully saturated rings.